The minimum atomic E-state index is -5.01. The molecule has 3 N–H and O–H groups in total. The maximum absolute atomic E-state index is 13.1. The number of ether oxygens (including phenoxy) is 4. The molecule has 0 bridgehead atoms. The highest BCUT2D eigenvalue weighted by Gasteiger charge is 2.30. The van der Waals surface area contributed by atoms with Crippen molar-refractivity contribution in [3.8, 4) is 0 Å². The van der Waals surface area contributed by atoms with E-state index in [1.54, 1.807) is 0 Å². The molecule has 0 saturated carbocycles. The number of hydrogen-bond donors (Lipinski definition) is 3. The summed E-state index contributed by atoms with van der Waals surface area (Å²) in [5.41, 5.74) is 0. The molecule has 0 aliphatic carbocycles. The number of hydrogen-bond acceptors (Lipinski definition) is 15. The van der Waals surface area contributed by atoms with Gasteiger partial charge in [-0.05, 0) is 148 Å². The molecule has 0 rings (SSSR count). The van der Waals surface area contributed by atoms with Crippen LogP contribution in [0.5, 0.6) is 0 Å². The first kappa shape index (κ1) is 94.7. The number of esters is 4. The molecule has 0 aliphatic rings. The van der Waals surface area contributed by atoms with Gasteiger partial charge >= 0.3 is 39.5 Å². The molecular formula is C81H132O17P2. The van der Waals surface area contributed by atoms with Crippen LogP contribution in [0.3, 0.4) is 0 Å². The lowest BCUT2D eigenvalue weighted by Crippen LogP contribution is -2.30. The summed E-state index contributed by atoms with van der Waals surface area (Å²) in [6, 6.07) is 0. The van der Waals surface area contributed by atoms with Crippen molar-refractivity contribution in [3.05, 3.63) is 158 Å². The van der Waals surface area contributed by atoms with E-state index in [9.17, 15) is 43.2 Å². The normalized spacial score (nSPS) is 14.8. The zero-order valence-electron chi connectivity index (χ0n) is 61.8. The number of aliphatic hydroxyl groups is 1. The van der Waals surface area contributed by atoms with Gasteiger partial charge < -0.3 is 33.8 Å². The molecule has 0 aromatic rings. The van der Waals surface area contributed by atoms with Gasteiger partial charge in [-0.1, -0.05) is 256 Å². The van der Waals surface area contributed by atoms with Crippen LogP contribution in [0.25, 0.3) is 0 Å². The van der Waals surface area contributed by atoms with Gasteiger partial charge in [0, 0.05) is 25.7 Å². The quantitative estimate of drug-likeness (QED) is 0.0169. The number of allylic oxidation sites excluding steroid dienone is 26. The Hall–Kier alpha value is -5.32. The number of carbonyl (C=O) groups excluding carboxylic acids is 4. The summed E-state index contributed by atoms with van der Waals surface area (Å²) in [5.74, 6) is -2.34. The average Bonchev–Trinajstić information content (AvgIpc) is 1.06. The minimum Gasteiger partial charge on any atom is -0.462 e. The Balaban J connectivity index is 5.46. The summed E-state index contributed by atoms with van der Waals surface area (Å²) >= 11 is 0. The number of aliphatic hydroxyl groups excluding tert-OH is 1. The number of carbonyl (C=O) groups is 4. The molecule has 568 valence electrons. The van der Waals surface area contributed by atoms with Gasteiger partial charge in [-0.2, -0.15) is 0 Å². The Morgan fingerprint density at radius 2 is 0.540 bits per heavy atom. The Morgan fingerprint density at radius 1 is 0.290 bits per heavy atom. The summed E-state index contributed by atoms with van der Waals surface area (Å²) in [7, 11) is -9.99. The molecule has 5 unspecified atom stereocenters. The van der Waals surface area contributed by atoms with E-state index in [1.807, 2.05) is 18.2 Å². The van der Waals surface area contributed by atoms with E-state index in [1.165, 1.54) is 25.7 Å². The lowest BCUT2D eigenvalue weighted by molar-refractivity contribution is -0.161. The maximum atomic E-state index is 13.1. The van der Waals surface area contributed by atoms with E-state index in [0.717, 1.165) is 161 Å². The summed E-state index contributed by atoms with van der Waals surface area (Å²) in [5, 5.41) is 10.6. The van der Waals surface area contributed by atoms with E-state index in [-0.39, 0.29) is 25.7 Å². The first-order valence-electron chi connectivity index (χ1n) is 37.7. The zero-order valence-corrected chi connectivity index (χ0v) is 63.6. The Kier molecular flexibility index (Phi) is 68.2. The number of unbranched alkanes of at least 4 members (excludes halogenated alkanes) is 17. The van der Waals surface area contributed by atoms with E-state index in [0.29, 0.717) is 32.1 Å². The van der Waals surface area contributed by atoms with Crippen molar-refractivity contribution < 1.29 is 80.2 Å². The van der Waals surface area contributed by atoms with Crippen molar-refractivity contribution in [1.29, 1.82) is 0 Å². The highest BCUT2D eigenvalue weighted by Crippen LogP contribution is 2.45. The predicted molar refractivity (Wildman–Crippen MR) is 408 cm³/mol. The van der Waals surface area contributed by atoms with Gasteiger partial charge in [-0.25, -0.2) is 9.13 Å². The zero-order chi connectivity index (χ0) is 73.2. The number of phosphoric ester groups is 2. The molecule has 0 radical (unpaired) electrons. The van der Waals surface area contributed by atoms with Gasteiger partial charge in [0.25, 0.3) is 0 Å². The molecule has 0 aliphatic heterocycles. The highest BCUT2D eigenvalue weighted by molar-refractivity contribution is 7.47. The molecule has 0 amide bonds. The number of rotatable bonds is 69. The smallest absolute Gasteiger partial charge is 0.462 e. The molecule has 0 spiro atoms. The average molecular weight is 1440 g/mol. The van der Waals surface area contributed by atoms with Gasteiger partial charge in [0.1, 0.15) is 19.3 Å². The molecular weight excluding hydrogens is 1310 g/mol. The summed E-state index contributed by atoms with van der Waals surface area (Å²) in [6.07, 6.45) is 82.7. The van der Waals surface area contributed by atoms with E-state index < -0.39 is 97.5 Å². The second-order valence-electron chi connectivity index (χ2n) is 24.5. The molecule has 0 heterocycles. The van der Waals surface area contributed by atoms with Crippen molar-refractivity contribution in [1.82, 2.24) is 0 Å². The van der Waals surface area contributed by atoms with Crippen LogP contribution in [0.15, 0.2) is 158 Å². The minimum absolute atomic E-state index is 0.0227. The monoisotopic (exact) mass is 1440 g/mol. The fraction of sp³-hybridized carbons (Fsp3) is 0.630. The van der Waals surface area contributed by atoms with Gasteiger partial charge in [-0.3, -0.25) is 37.3 Å². The maximum Gasteiger partial charge on any atom is 0.472 e. The molecule has 0 fully saturated rings. The van der Waals surface area contributed by atoms with Crippen molar-refractivity contribution in [2.45, 2.75) is 290 Å². The third-order valence-electron chi connectivity index (χ3n) is 15.0. The van der Waals surface area contributed by atoms with Gasteiger partial charge in [0.2, 0.25) is 0 Å². The molecule has 0 saturated heterocycles. The summed E-state index contributed by atoms with van der Waals surface area (Å²) < 4.78 is 68.2. The molecule has 0 aromatic carbocycles. The molecule has 17 nitrogen and oxygen atoms in total. The third-order valence-corrected chi connectivity index (χ3v) is 16.9. The molecule has 19 heteroatoms. The molecule has 0 aromatic heterocycles. The van der Waals surface area contributed by atoms with Gasteiger partial charge in [0.05, 0.1) is 26.4 Å². The highest BCUT2D eigenvalue weighted by atomic mass is 31.2. The first-order chi connectivity index (χ1) is 48.7. The fourth-order valence-corrected chi connectivity index (χ4v) is 10.8. The first-order valence-corrected chi connectivity index (χ1v) is 40.7. The standard InChI is InChI=1S/C81H132O17P2/c1-5-9-13-17-21-25-29-31-33-35-37-39-41-43-47-50-54-58-62-66-79(84)92-72-77(98-81(86)68-64-60-56-52-48-44-42-40-38-36-34-32-30-26-22-18-14-10-6-2)74-96-100(89,90)94-70-75(82)69-93-99(87,88)95-73-76(97-80(85)67-63-59-55-51-46-28-24-20-16-12-8-4)71-91-78(83)65-61-57-53-49-45-27-23-19-15-11-7-3/h9-10,13-14,19-26,31-34,37-40,43-44,47-48,54,58,75-77,82H,5-8,11-12,15-18,27-30,35-36,41-42,45-46,49-53,55-57,59-74H2,1-4H3,(H,87,88)(H,89,90)/b13-9-,14-10-,23-19-,24-20-,25-21-,26-22-,33-31-,34-32-,39-37-,40-38-,47-43-,48-44-,58-54-. The van der Waals surface area contributed by atoms with Crippen LogP contribution in [0.1, 0.15) is 272 Å². The Bertz CT molecular complexity index is 2520. The summed E-state index contributed by atoms with van der Waals surface area (Å²) in [4.78, 5) is 72.7. The summed E-state index contributed by atoms with van der Waals surface area (Å²) in [6.45, 7) is 4.39. The van der Waals surface area contributed by atoms with E-state index in [2.05, 4.69) is 167 Å². The predicted octanol–water partition coefficient (Wildman–Crippen LogP) is 21.7. The van der Waals surface area contributed by atoms with Crippen LogP contribution in [-0.4, -0.2) is 96.7 Å². The van der Waals surface area contributed by atoms with Crippen molar-refractivity contribution >= 4 is 39.5 Å². The second kappa shape index (κ2) is 72.0. The van der Waals surface area contributed by atoms with Crippen molar-refractivity contribution in [2.75, 3.05) is 39.6 Å². The largest absolute Gasteiger partial charge is 0.472 e. The Labute approximate surface area is 604 Å². The fourth-order valence-electron chi connectivity index (χ4n) is 9.23. The van der Waals surface area contributed by atoms with E-state index in [4.69, 9.17) is 37.0 Å². The second-order valence-corrected chi connectivity index (χ2v) is 27.4. The van der Waals surface area contributed by atoms with Crippen LogP contribution in [-0.2, 0) is 65.4 Å². The third kappa shape index (κ3) is 71.1. The van der Waals surface area contributed by atoms with Gasteiger partial charge in [-0.15, -0.1) is 0 Å². The van der Waals surface area contributed by atoms with Crippen molar-refractivity contribution in [3.63, 3.8) is 0 Å². The molecule has 100 heavy (non-hydrogen) atoms. The van der Waals surface area contributed by atoms with Gasteiger partial charge in [0.15, 0.2) is 12.2 Å². The van der Waals surface area contributed by atoms with Crippen LogP contribution >= 0.6 is 15.6 Å². The van der Waals surface area contributed by atoms with Crippen LogP contribution in [0.4, 0.5) is 0 Å². The Morgan fingerprint density at radius 3 is 0.880 bits per heavy atom. The lowest BCUT2D eigenvalue weighted by Gasteiger charge is -2.21. The topological polar surface area (TPSA) is 237 Å². The van der Waals surface area contributed by atoms with Crippen molar-refractivity contribution in [2.24, 2.45) is 0 Å². The van der Waals surface area contributed by atoms with Crippen LogP contribution in [0.2, 0.25) is 0 Å². The number of phosphoric acid groups is 2. The SMILES string of the molecule is CC/C=C\C/C=C\C/C=C\C/C=C\C/C=C\C/C=C\CCC(=O)OCC(COP(=O)(O)OCC(O)COP(=O)(O)OCC(COC(=O)CCCCCCC/C=C\CCCC)OC(=O)CCCCCCC/C=C\CCCC)OC(=O)CCCCC/C=C\C/C=C\C/C=C\C/C=C\C/C=C\CC. The lowest BCUT2D eigenvalue weighted by atomic mass is 10.1. The van der Waals surface area contributed by atoms with E-state index >= 15 is 0 Å². The van der Waals surface area contributed by atoms with Crippen LogP contribution < -0.4 is 0 Å². The molecule has 5 atom stereocenters. The van der Waals surface area contributed by atoms with Crippen LogP contribution in [0, 0.1) is 0 Å².